The van der Waals surface area contributed by atoms with Gasteiger partial charge in [-0.3, -0.25) is 28.1 Å². The van der Waals surface area contributed by atoms with E-state index in [9.17, 15) is 19.2 Å². The van der Waals surface area contributed by atoms with Crippen LogP contribution in [0.1, 0.15) is 42.6 Å². The van der Waals surface area contributed by atoms with Crippen molar-refractivity contribution in [1.29, 1.82) is 0 Å². The molecule has 2 aromatic heterocycles. The van der Waals surface area contributed by atoms with Gasteiger partial charge in [-0.1, -0.05) is 19.9 Å². The number of nitrogens with zero attached hydrogens (tertiary/aromatic N) is 3. The number of anilines is 1. The summed E-state index contributed by atoms with van der Waals surface area (Å²) in [7, 11) is 2.99. The highest BCUT2D eigenvalue weighted by Gasteiger charge is 2.23. The maximum Gasteiger partial charge on any atom is 0.332 e. The summed E-state index contributed by atoms with van der Waals surface area (Å²) in [4.78, 5) is 52.4. The molecular formula is C23H28N4O5. The molecule has 0 aliphatic carbocycles. The number of carbonyl (C=O) groups is 1. The Kier molecular flexibility index (Phi) is 6.67. The molecule has 0 saturated carbocycles. The predicted molar refractivity (Wildman–Crippen MR) is 124 cm³/mol. The summed E-state index contributed by atoms with van der Waals surface area (Å²) in [5.41, 5.74) is -0.181. The summed E-state index contributed by atoms with van der Waals surface area (Å²) < 4.78 is 9.07. The first kappa shape index (κ1) is 23.1. The van der Waals surface area contributed by atoms with Crippen LogP contribution in [-0.4, -0.2) is 26.7 Å². The minimum atomic E-state index is -0.626. The Morgan fingerprint density at radius 1 is 1.03 bits per heavy atom. The van der Waals surface area contributed by atoms with Crippen LogP contribution in [-0.2, 0) is 20.1 Å². The molecule has 0 bridgehead atoms. The molecule has 0 aliphatic heterocycles. The van der Waals surface area contributed by atoms with Crippen LogP contribution >= 0.6 is 0 Å². The van der Waals surface area contributed by atoms with Crippen LogP contribution in [0.5, 0.6) is 5.75 Å². The second kappa shape index (κ2) is 9.25. The largest absolute Gasteiger partial charge is 0.495 e. The average Bonchev–Trinajstić information content (AvgIpc) is 2.76. The van der Waals surface area contributed by atoms with Gasteiger partial charge >= 0.3 is 5.69 Å². The molecule has 9 heteroatoms. The Morgan fingerprint density at radius 3 is 2.31 bits per heavy atom. The Bertz CT molecular complexity index is 1360. The third-order valence-corrected chi connectivity index (χ3v) is 5.32. The predicted octanol–water partition coefficient (Wildman–Crippen LogP) is 2.25. The zero-order valence-electron chi connectivity index (χ0n) is 19.0. The zero-order valence-corrected chi connectivity index (χ0v) is 19.0. The number of hydrogen-bond acceptors (Lipinski definition) is 5. The van der Waals surface area contributed by atoms with Crippen molar-refractivity contribution >= 4 is 22.6 Å². The van der Waals surface area contributed by atoms with Gasteiger partial charge < -0.3 is 10.1 Å². The molecule has 3 rings (SSSR count). The number of rotatable bonds is 7. The fourth-order valence-electron chi connectivity index (χ4n) is 3.84. The first-order valence-corrected chi connectivity index (χ1v) is 10.6. The van der Waals surface area contributed by atoms with E-state index in [0.717, 1.165) is 16.2 Å². The van der Waals surface area contributed by atoms with Gasteiger partial charge in [-0.2, -0.15) is 0 Å². The first-order chi connectivity index (χ1) is 15.2. The van der Waals surface area contributed by atoms with E-state index in [1.807, 2.05) is 26.8 Å². The van der Waals surface area contributed by atoms with Crippen molar-refractivity contribution in [2.45, 2.75) is 46.7 Å². The Balaban J connectivity index is 2.34. The summed E-state index contributed by atoms with van der Waals surface area (Å²) in [6, 6.07) is 6.47. The van der Waals surface area contributed by atoms with Crippen molar-refractivity contribution in [3.8, 4) is 5.75 Å². The second-order valence-corrected chi connectivity index (χ2v) is 7.70. The number of benzene rings is 1. The Morgan fingerprint density at radius 2 is 1.69 bits per heavy atom. The van der Waals surface area contributed by atoms with E-state index in [1.54, 1.807) is 12.1 Å². The highest BCUT2D eigenvalue weighted by Crippen LogP contribution is 2.26. The van der Waals surface area contributed by atoms with Gasteiger partial charge in [-0.25, -0.2) is 4.79 Å². The maximum atomic E-state index is 13.3. The Hall–Kier alpha value is -3.62. The fourth-order valence-corrected chi connectivity index (χ4v) is 3.84. The number of hydrogen-bond donors (Lipinski definition) is 1. The molecule has 0 spiro atoms. The topological polar surface area (TPSA) is 104 Å². The van der Waals surface area contributed by atoms with Crippen LogP contribution in [0.25, 0.3) is 11.0 Å². The van der Waals surface area contributed by atoms with Gasteiger partial charge in [-0.05, 0) is 37.5 Å². The number of ether oxygens (including phenoxy) is 1. The number of aromatic nitrogens is 3. The van der Waals surface area contributed by atoms with Crippen molar-refractivity contribution in [1.82, 2.24) is 13.7 Å². The molecule has 9 nitrogen and oxygen atoms in total. The zero-order chi connectivity index (χ0) is 23.6. The van der Waals surface area contributed by atoms with E-state index in [2.05, 4.69) is 5.32 Å². The lowest BCUT2D eigenvalue weighted by Crippen LogP contribution is -2.42. The lowest BCUT2D eigenvalue weighted by Gasteiger charge is -2.17. The minimum absolute atomic E-state index is 0.0396. The lowest BCUT2D eigenvalue weighted by atomic mass is 10.1. The fraction of sp³-hybridized carbons (Fsp3) is 0.391. The number of amides is 1. The summed E-state index contributed by atoms with van der Waals surface area (Å²) >= 11 is 0. The summed E-state index contributed by atoms with van der Waals surface area (Å²) in [6.07, 6.45) is 1.19. The van der Waals surface area contributed by atoms with Crippen LogP contribution in [0, 0.1) is 6.92 Å². The molecule has 0 aliphatic rings. The molecule has 1 N–H and O–H groups in total. The monoisotopic (exact) mass is 440 g/mol. The molecule has 0 fully saturated rings. The number of nitrogens with one attached hydrogen (secondary N) is 1. The summed E-state index contributed by atoms with van der Waals surface area (Å²) in [6.45, 7) is 6.13. The molecule has 0 saturated heterocycles. The van der Waals surface area contributed by atoms with Crippen molar-refractivity contribution in [2.24, 2.45) is 7.05 Å². The number of methoxy groups -OCH3 is 1. The SMILES string of the molecule is CCCn1c(=O)c2c(C(=O)Nc3cc(C)ccc3OC)cc(=O)n(CCC)c2n(C)c1=O. The summed E-state index contributed by atoms with van der Waals surface area (Å²) in [5, 5.41) is 2.79. The van der Waals surface area contributed by atoms with E-state index in [-0.39, 0.29) is 23.1 Å². The van der Waals surface area contributed by atoms with Crippen molar-refractivity contribution < 1.29 is 9.53 Å². The number of pyridine rings is 1. The van der Waals surface area contributed by atoms with E-state index in [1.165, 1.54) is 23.3 Å². The third-order valence-electron chi connectivity index (χ3n) is 5.32. The van der Waals surface area contributed by atoms with Gasteiger partial charge in [0.1, 0.15) is 11.4 Å². The van der Waals surface area contributed by atoms with Gasteiger partial charge in [0, 0.05) is 26.2 Å². The van der Waals surface area contributed by atoms with Crippen LogP contribution in [0.4, 0.5) is 5.69 Å². The lowest BCUT2D eigenvalue weighted by molar-refractivity contribution is 0.102. The van der Waals surface area contributed by atoms with E-state index >= 15 is 0 Å². The standard InChI is InChI=1S/C23H28N4O5/c1-6-10-26-18(28)13-15(20(29)24-16-12-14(3)8-9-17(16)32-5)19-21(26)25(4)23(31)27(11-7-2)22(19)30/h8-9,12-13H,6-7,10-11H2,1-5H3,(H,24,29). The molecule has 1 amide bonds. The first-order valence-electron chi connectivity index (χ1n) is 10.6. The quantitative estimate of drug-likeness (QED) is 0.607. The van der Waals surface area contributed by atoms with E-state index in [4.69, 9.17) is 4.74 Å². The number of carbonyl (C=O) groups excluding carboxylic acids is 1. The maximum absolute atomic E-state index is 13.3. The normalized spacial score (nSPS) is 11.0. The number of fused-ring (bicyclic) bond motifs is 1. The molecule has 2 heterocycles. The van der Waals surface area contributed by atoms with Gasteiger partial charge in [0.25, 0.3) is 17.0 Å². The highest BCUT2D eigenvalue weighted by molar-refractivity contribution is 6.12. The van der Waals surface area contributed by atoms with Crippen LogP contribution in [0.2, 0.25) is 0 Å². The second-order valence-electron chi connectivity index (χ2n) is 7.70. The van der Waals surface area contributed by atoms with Crippen molar-refractivity contribution in [2.75, 3.05) is 12.4 Å². The van der Waals surface area contributed by atoms with Crippen molar-refractivity contribution in [3.63, 3.8) is 0 Å². The van der Waals surface area contributed by atoms with Crippen molar-refractivity contribution in [3.05, 3.63) is 66.6 Å². The van der Waals surface area contributed by atoms with Crippen LogP contribution in [0.15, 0.2) is 38.6 Å². The van der Waals surface area contributed by atoms with Gasteiger partial charge in [0.05, 0.1) is 23.7 Å². The van der Waals surface area contributed by atoms with Gasteiger partial charge in [-0.15, -0.1) is 0 Å². The van der Waals surface area contributed by atoms with Crippen LogP contribution in [0.3, 0.4) is 0 Å². The van der Waals surface area contributed by atoms with Gasteiger partial charge in [0.15, 0.2) is 0 Å². The minimum Gasteiger partial charge on any atom is -0.495 e. The molecule has 0 unspecified atom stereocenters. The van der Waals surface area contributed by atoms with E-state index < -0.39 is 22.7 Å². The van der Waals surface area contributed by atoms with Gasteiger partial charge in [0.2, 0.25) is 0 Å². The third kappa shape index (κ3) is 3.98. The molecule has 0 atom stereocenters. The molecule has 3 aromatic rings. The average molecular weight is 441 g/mol. The smallest absolute Gasteiger partial charge is 0.332 e. The number of aryl methyl sites for hydroxylation is 3. The van der Waals surface area contributed by atoms with E-state index in [0.29, 0.717) is 30.8 Å². The highest BCUT2D eigenvalue weighted by atomic mass is 16.5. The molecule has 0 radical (unpaired) electrons. The molecular weight excluding hydrogens is 412 g/mol. The molecule has 1 aromatic carbocycles. The molecule has 32 heavy (non-hydrogen) atoms. The summed E-state index contributed by atoms with van der Waals surface area (Å²) in [5.74, 6) is -0.179. The van der Waals surface area contributed by atoms with Crippen LogP contribution < -0.4 is 26.9 Å². The Labute approximate surface area is 184 Å². The molecule has 170 valence electrons.